The van der Waals surface area contributed by atoms with Gasteiger partial charge in [0.25, 0.3) is 0 Å². The molecule has 23 heavy (non-hydrogen) atoms. The molecule has 2 aromatic rings. The number of aromatic nitrogens is 1. The zero-order chi connectivity index (χ0) is 16.2. The predicted octanol–water partition coefficient (Wildman–Crippen LogP) is 3.24. The lowest BCUT2D eigenvalue weighted by molar-refractivity contribution is 0.174. The third kappa shape index (κ3) is 4.31. The summed E-state index contributed by atoms with van der Waals surface area (Å²) in [5.41, 5.74) is 2.18. The van der Waals surface area contributed by atoms with Crippen molar-refractivity contribution < 1.29 is 9.84 Å². The van der Waals surface area contributed by atoms with Crippen LogP contribution in [0.1, 0.15) is 47.5 Å². The van der Waals surface area contributed by atoms with Crippen LogP contribution in [0.2, 0.25) is 0 Å². The summed E-state index contributed by atoms with van der Waals surface area (Å²) in [4.78, 5) is 6.10. The number of thiazole rings is 1. The molecule has 1 unspecified atom stereocenters. The SMILES string of the molecule is CC(C)Oc1ccc(C(O)CNCc2nc3c(s2)CCC3)cc1. The molecule has 0 bridgehead atoms. The number of benzene rings is 1. The highest BCUT2D eigenvalue weighted by atomic mass is 32.1. The molecule has 1 aromatic carbocycles. The number of ether oxygens (including phenoxy) is 1. The van der Waals surface area contributed by atoms with Gasteiger partial charge in [0.05, 0.1) is 17.9 Å². The normalized spacial score (nSPS) is 15.0. The van der Waals surface area contributed by atoms with Gasteiger partial charge in [-0.05, 0) is 50.8 Å². The minimum atomic E-state index is -0.519. The maximum absolute atomic E-state index is 10.3. The molecule has 0 saturated carbocycles. The van der Waals surface area contributed by atoms with Crippen molar-refractivity contribution >= 4 is 11.3 Å². The number of aliphatic hydroxyl groups is 1. The van der Waals surface area contributed by atoms with Gasteiger partial charge in [0, 0.05) is 18.0 Å². The average Bonchev–Trinajstić information content (AvgIpc) is 3.08. The molecule has 5 heteroatoms. The minimum Gasteiger partial charge on any atom is -0.491 e. The molecule has 2 N–H and O–H groups in total. The summed E-state index contributed by atoms with van der Waals surface area (Å²) < 4.78 is 5.61. The fraction of sp³-hybridized carbons (Fsp3) is 0.500. The first kappa shape index (κ1) is 16.4. The summed E-state index contributed by atoms with van der Waals surface area (Å²) in [5.74, 6) is 0.834. The minimum absolute atomic E-state index is 0.160. The molecule has 0 radical (unpaired) electrons. The van der Waals surface area contributed by atoms with E-state index in [9.17, 15) is 5.11 Å². The fourth-order valence-corrected chi connectivity index (χ4v) is 3.92. The lowest BCUT2D eigenvalue weighted by Crippen LogP contribution is -2.21. The van der Waals surface area contributed by atoms with Crippen LogP contribution in [-0.2, 0) is 19.4 Å². The Morgan fingerprint density at radius 1 is 1.26 bits per heavy atom. The van der Waals surface area contributed by atoms with Crippen molar-refractivity contribution in [3.8, 4) is 5.75 Å². The van der Waals surface area contributed by atoms with Crippen LogP contribution in [0.4, 0.5) is 0 Å². The second kappa shape index (κ2) is 7.43. The summed E-state index contributed by atoms with van der Waals surface area (Å²) >= 11 is 1.81. The first-order valence-corrected chi connectivity index (χ1v) is 9.06. The molecule has 3 rings (SSSR count). The van der Waals surface area contributed by atoms with Gasteiger partial charge < -0.3 is 15.2 Å². The van der Waals surface area contributed by atoms with Crippen molar-refractivity contribution in [2.24, 2.45) is 0 Å². The third-order valence-electron chi connectivity index (χ3n) is 3.89. The van der Waals surface area contributed by atoms with Crippen molar-refractivity contribution in [2.45, 2.75) is 51.9 Å². The molecule has 0 saturated heterocycles. The standard InChI is InChI=1S/C18H24N2O2S/c1-12(2)22-14-8-6-13(7-9-14)16(21)10-19-11-18-20-15-4-3-5-17(15)23-18/h6-9,12,16,19,21H,3-5,10-11H2,1-2H3. The topological polar surface area (TPSA) is 54.4 Å². The lowest BCUT2D eigenvalue weighted by Gasteiger charge is -2.14. The quantitative estimate of drug-likeness (QED) is 0.817. The van der Waals surface area contributed by atoms with Crippen LogP contribution in [-0.4, -0.2) is 22.7 Å². The summed E-state index contributed by atoms with van der Waals surface area (Å²) in [7, 11) is 0. The predicted molar refractivity (Wildman–Crippen MR) is 93.0 cm³/mol. The Labute approximate surface area is 141 Å². The van der Waals surface area contributed by atoms with E-state index in [1.165, 1.54) is 23.4 Å². The van der Waals surface area contributed by atoms with E-state index in [4.69, 9.17) is 4.74 Å². The van der Waals surface area contributed by atoms with E-state index < -0.39 is 6.10 Å². The zero-order valence-electron chi connectivity index (χ0n) is 13.7. The van der Waals surface area contributed by atoms with E-state index in [0.29, 0.717) is 6.54 Å². The van der Waals surface area contributed by atoms with Crippen molar-refractivity contribution in [2.75, 3.05) is 6.54 Å². The summed E-state index contributed by atoms with van der Waals surface area (Å²) in [6.45, 7) is 5.25. The summed E-state index contributed by atoms with van der Waals surface area (Å²) in [6.07, 6.45) is 3.19. The Bertz CT molecular complexity index is 615. The van der Waals surface area contributed by atoms with Gasteiger partial charge in [0.15, 0.2) is 0 Å². The molecular formula is C18H24N2O2S. The largest absolute Gasteiger partial charge is 0.491 e. The van der Waals surface area contributed by atoms with Crippen LogP contribution in [0, 0.1) is 0 Å². The fourth-order valence-electron chi connectivity index (χ4n) is 2.79. The molecule has 1 heterocycles. The highest BCUT2D eigenvalue weighted by molar-refractivity contribution is 7.11. The van der Waals surface area contributed by atoms with E-state index in [-0.39, 0.29) is 6.10 Å². The van der Waals surface area contributed by atoms with Gasteiger partial charge in [-0.2, -0.15) is 0 Å². The van der Waals surface area contributed by atoms with E-state index in [2.05, 4.69) is 10.3 Å². The molecule has 0 spiro atoms. The second-order valence-electron chi connectivity index (χ2n) is 6.21. The summed E-state index contributed by atoms with van der Waals surface area (Å²) in [5, 5.41) is 14.7. The molecule has 0 aliphatic heterocycles. The van der Waals surface area contributed by atoms with Crippen molar-refractivity contribution in [1.82, 2.24) is 10.3 Å². The smallest absolute Gasteiger partial charge is 0.119 e. The second-order valence-corrected chi connectivity index (χ2v) is 7.38. The van der Waals surface area contributed by atoms with Gasteiger partial charge in [0.1, 0.15) is 10.8 Å². The number of nitrogens with zero attached hydrogens (tertiary/aromatic N) is 1. The maximum atomic E-state index is 10.3. The molecule has 4 nitrogen and oxygen atoms in total. The first-order chi connectivity index (χ1) is 11.1. The van der Waals surface area contributed by atoms with Crippen molar-refractivity contribution in [1.29, 1.82) is 0 Å². The number of nitrogens with one attached hydrogen (secondary N) is 1. The zero-order valence-corrected chi connectivity index (χ0v) is 14.5. The van der Waals surface area contributed by atoms with Gasteiger partial charge in [-0.1, -0.05) is 12.1 Å². The molecule has 1 aliphatic rings. The van der Waals surface area contributed by atoms with Gasteiger partial charge in [-0.25, -0.2) is 4.98 Å². The monoisotopic (exact) mass is 332 g/mol. The molecular weight excluding hydrogens is 308 g/mol. The van der Waals surface area contributed by atoms with Crippen LogP contribution < -0.4 is 10.1 Å². The van der Waals surface area contributed by atoms with Crippen LogP contribution in [0.5, 0.6) is 5.75 Å². The van der Waals surface area contributed by atoms with E-state index >= 15 is 0 Å². The molecule has 1 aliphatic carbocycles. The Balaban J connectivity index is 1.47. The Kier molecular flexibility index (Phi) is 5.30. The molecule has 0 fully saturated rings. The number of fused-ring (bicyclic) bond motifs is 1. The van der Waals surface area contributed by atoms with Crippen molar-refractivity contribution in [3.63, 3.8) is 0 Å². The summed E-state index contributed by atoms with van der Waals surface area (Å²) in [6, 6.07) is 7.65. The highest BCUT2D eigenvalue weighted by Gasteiger charge is 2.16. The van der Waals surface area contributed by atoms with Gasteiger partial charge >= 0.3 is 0 Å². The Morgan fingerprint density at radius 2 is 2.04 bits per heavy atom. The molecule has 1 atom stereocenters. The van der Waals surface area contributed by atoms with Gasteiger partial charge in [-0.15, -0.1) is 11.3 Å². The van der Waals surface area contributed by atoms with Crippen LogP contribution in [0.3, 0.4) is 0 Å². The van der Waals surface area contributed by atoms with Crippen LogP contribution >= 0.6 is 11.3 Å². The number of rotatable bonds is 7. The average molecular weight is 332 g/mol. The van der Waals surface area contributed by atoms with Gasteiger partial charge in [-0.3, -0.25) is 0 Å². The molecule has 0 amide bonds. The van der Waals surface area contributed by atoms with E-state index in [1.807, 2.05) is 38.1 Å². The Morgan fingerprint density at radius 3 is 2.74 bits per heavy atom. The van der Waals surface area contributed by atoms with E-state index in [0.717, 1.165) is 29.3 Å². The number of hydrogen-bond acceptors (Lipinski definition) is 5. The molecule has 1 aromatic heterocycles. The lowest BCUT2D eigenvalue weighted by atomic mass is 10.1. The van der Waals surface area contributed by atoms with Crippen LogP contribution in [0.15, 0.2) is 24.3 Å². The van der Waals surface area contributed by atoms with Crippen LogP contribution in [0.25, 0.3) is 0 Å². The third-order valence-corrected chi connectivity index (χ3v) is 5.05. The maximum Gasteiger partial charge on any atom is 0.119 e. The first-order valence-electron chi connectivity index (χ1n) is 8.24. The molecule has 124 valence electrons. The van der Waals surface area contributed by atoms with E-state index in [1.54, 1.807) is 11.3 Å². The number of aryl methyl sites for hydroxylation is 2. The highest BCUT2D eigenvalue weighted by Crippen LogP contribution is 2.27. The van der Waals surface area contributed by atoms with Crippen molar-refractivity contribution in [3.05, 3.63) is 45.4 Å². The number of hydrogen-bond donors (Lipinski definition) is 2. The number of aliphatic hydroxyl groups excluding tert-OH is 1. The Hall–Kier alpha value is -1.43. The van der Waals surface area contributed by atoms with Gasteiger partial charge in [0.2, 0.25) is 0 Å².